The van der Waals surface area contributed by atoms with Gasteiger partial charge < -0.3 is 0 Å². The molecule has 0 N–H and O–H groups in total. The van der Waals surface area contributed by atoms with Crippen molar-refractivity contribution in [3.63, 3.8) is 0 Å². The minimum Gasteiger partial charge on any atom is -0.117 e. The van der Waals surface area contributed by atoms with Gasteiger partial charge in [0.2, 0.25) is 0 Å². The molecule has 0 atom stereocenters. The Hall–Kier alpha value is -0.768. The van der Waals surface area contributed by atoms with Crippen LogP contribution in [0.4, 0.5) is 0 Å². The summed E-state index contributed by atoms with van der Waals surface area (Å²) in [5.74, 6) is 0. The average Bonchev–Trinajstić information content (AvgIpc) is 2.96. The fourth-order valence-corrected chi connectivity index (χ4v) is 10.7. The normalized spacial score (nSPS) is 16.1. The maximum absolute atomic E-state index is 2.59. The van der Waals surface area contributed by atoms with Crippen molar-refractivity contribution in [3.8, 4) is 0 Å². The largest absolute Gasteiger partial charge is 0.375 e. The van der Waals surface area contributed by atoms with Crippen LogP contribution in [0.5, 0.6) is 0 Å². The summed E-state index contributed by atoms with van der Waals surface area (Å²) in [6.07, 6.45) is 4.80. The predicted molar refractivity (Wildman–Crippen MR) is 143 cm³/mol. The summed E-state index contributed by atoms with van der Waals surface area (Å²) in [5, 5.41) is 0. The molecule has 1 heteroatoms. The van der Waals surface area contributed by atoms with Crippen LogP contribution in [0, 0.1) is 0 Å². The molecule has 0 nitrogen and oxygen atoms in total. The molecule has 0 saturated heterocycles. The van der Waals surface area contributed by atoms with Crippen molar-refractivity contribution in [1.29, 1.82) is 0 Å². The molecule has 0 amide bonds. The van der Waals surface area contributed by atoms with Crippen molar-refractivity contribution in [1.82, 2.24) is 0 Å². The molecular formula is C30H49Al. The highest BCUT2D eigenvalue weighted by molar-refractivity contribution is 6.87. The first-order chi connectivity index (χ1) is 14.1. The second kappa shape index (κ2) is 9.23. The molecular weight excluding hydrogens is 387 g/mol. The van der Waals surface area contributed by atoms with Gasteiger partial charge in [-0.05, 0) is 47.5 Å². The lowest BCUT2D eigenvalue weighted by Gasteiger charge is -2.36. The zero-order valence-electron chi connectivity index (χ0n) is 23.1. The molecule has 1 aliphatic heterocycles. The van der Waals surface area contributed by atoms with Crippen LogP contribution in [0.1, 0.15) is 132 Å². The summed E-state index contributed by atoms with van der Waals surface area (Å²) < 4.78 is 5.42. The third-order valence-corrected chi connectivity index (χ3v) is 11.4. The van der Waals surface area contributed by atoms with Gasteiger partial charge in [0, 0.05) is 0 Å². The monoisotopic (exact) mass is 436 g/mol. The Balaban J connectivity index is 3.08. The van der Waals surface area contributed by atoms with Crippen molar-refractivity contribution >= 4 is 18.6 Å². The molecule has 1 heterocycles. The number of rotatable bonds is 5. The van der Waals surface area contributed by atoms with Crippen molar-refractivity contribution in [2.24, 2.45) is 0 Å². The molecule has 0 aromatic heterocycles. The van der Waals surface area contributed by atoms with E-state index in [0.29, 0.717) is 0 Å². The van der Waals surface area contributed by atoms with E-state index in [4.69, 9.17) is 0 Å². The van der Waals surface area contributed by atoms with Crippen LogP contribution in [0.25, 0.3) is 0 Å². The lowest BCUT2D eigenvalue weighted by Crippen LogP contribution is -2.45. The summed E-state index contributed by atoms with van der Waals surface area (Å²) >= 11 is -1.41. The summed E-state index contributed by atoms with van der Waals surface area (Å²) in [6, 6.07) is 5.18. The minimum atomic E-state index is -1.41. The second-order valence-corrected chi connectivity index (χ2v) is 15.4. The number of hydrogen-bond donors (Lipinski definition) is 0. The van der Waals surface area contributed by atoms with E-state index < -0.39 is 14.1 Å². The highest BCUT2D eigenvalue weighted by Crippen LogP contribution is 2.42. The average molecular weight is 437 g/mol. The summed E-state index contributed by atoms with van der Waals surface area (Å²) in [7, 11) is 0. The molecule has 0 unspecified atom stereocenters. The molecule has 0 saturated carbocycles. The van der Waals surface area contributed by atoms with Gasteiger partial charge in [0.1, 0.15) is 0 Å². The van der Waals surface area contributed by atoms with Crippen LogP contribution < -0.4 is 4.43 Å². The van der Waals surface area contributed by atoms with Crippen LogP contribution in [-0.4, -0.2) is 14.1 Å². The Bertz CT molecular complexity index is 809. The molecule has 0 radical (unpaired) electrons. The maximum atomic E-state index is 2.59. The Kier molecular flexibility index (Phi) is 7.89. The topological polar surface area (TPSA) is 0 Å². The van der Waals surface area contributed by atoms with Gasteiger partial charge in [-0.2, -0.15) is 0 Å². The van der Waals surface area contributed by atoms with E-state index in [-0.39, 0.29) is 16.2 Å². The molecule has 0 aliphatic carbocycles. The Morgan fingerprint density at radius 2 is 0.903 bits per heavy atom. The van der Waals surface area contributed by atoms with Crippen LogP contribution in [-0.2, 0) is 16.2 Å². The van der Waals surface area contributed by atoms with Crippen LogP contribution in [0.3, 0.4) is 0 Å². The van der Waals surface area contributed by atoms with E-state index >= 15 is 0 Å². The van der Waals surface area contributed by atoms with Crippen LogP contribution >= 0.6 is 0 Å². The third kappa shape index (κ3) is 5.09. The maximum Gasteiger partial charge on any atom is 0.375 e. The lowest BCUT2D eigenvalue weighted by molar-refractivity contribution is 0.553. The van der Waals surface area contributed by atoms with Gasteiger partial charge in [0.15, 0.2) is 0 Å². The molecule has 0 fully saturated rings. The molecule has 1 aliphatic rings. The molecule has 31 heavy (non-hydrogen) atoms. The molecule has 0 bridgehead atoms. The van der Waals surface area contributed by atoms with Gasteiger partial charge in [-0.25, -0.2) is 0 Å². The lowest BCUT2D eigenvalue weighted by atomic mass is 9.75. The standard InChI is InChI=1S/C18H29.C12H20.Al/c1-16(2,3)13-10-14(17(4,5)6)12-15(11-13)18(7,8)9;1-5-9-11(7-3)12(8-4)10-6-2;/h10-11H,1-9H3;5-8H2,1-4H3;. The Labute approximate surface area is 199 Å². The zero-order valence-corrected chi connectivity index (χ0v) is 24.2. The Morgan fingerprint density at radius 1 is 0.548 bits per heavy atom. The number of benzene rings is 1. The third-order valence-electron chi connectivity index (χ3n) is 7.26. The van der Waals surface area contributed by atoms with Crippen molar-refractivity contribution < 1.29 is 0 Å². The quantitative estimate of drug-likeness (QED) is 0.405. The molecule has 2 rings (SSSR count). The zero-order chi connectivity index (χ0) is 23.9. The smallest absolute Gasteiger partial charge is 0.117 e. The van der Waals surface area contributed by atoms with E-state index in [0.717, 1.165) is 0 Å². The SMILES string of the molecule is CCC1=[C](CC)[Al]([c]2c(C(C)(C)C)cc(C(C)(C)C)cc2C(C)(C)C)[C](CC)=C1CC. The van der Waals surface area contributed by atoms with Gasteiger partial charge in [-0.15, -0.1) is 8.87 Å². The first-order valence-electron chi connectivity index (χ1n) is 12.8. The first-order valence-corrected chi connectivity index (χ1v) is 14.5. The van der Waals surface area contributed by atoms with E-state index in [2.05, 4.69) is 102 Å². The van der Waals surface area contributed by atoms with Crippen molar-refractivity contribution in [2.45, 2.75) is 132 Å². The first kappa shape index (κ1) is 26.5. The van der Waals surface area contributed by atoms with E-state index in [1.165, 1.54) is 31.2 Å². The number of allylic oxidation sites excluding steroid dienone is 4. The second-order valence-electron chi connectivity index (χ2n) is 12.6. The molecule has 1 aromatic carbocycles. The summed E-state index contributed by atoms with van der Waals surface area (Å²) in [4.78, 5) is 0. The van der Waals surface area contributed by atoms with Crippen LogP contribution in [0.15, 0.2) is 32.1 Å². The predicted octanol–water partition coefficient (Wildman–Crippen LogP) is 8.61. The van der Waals surface area contributed by atoms with Gasteiger partial charge in [-0.3, -0.25) is 0 Å². The van der Waals surface area contributed by atoms with E-state index in [1.807, 2.05) is 8.87 Å². The summed E-state index contributed by atoms with van der Waals surface area (Å²) in [5.41, 5.74) is 8.61. The van der Waals surface area contributed by atoms with Crippen LogP contribution in [0.2, 0.25) is 0 Å². The number of hydrogen-bond acceptors (Lipinski definition) is 0. The molecule has 0 spiro atoms. The molecule has 1 aromatic rings. The Morgan fingerprint density at radius 3 is 1.13 bits per heavy atom. The van der Waals surface area contributed by atoms with Crippen molar-refractivity contribution in [3.05, 3.63) is 48.8 Å². The fraction of sp³-hybridized carbons (Fsp3) is 0.667. The van der Waals surface area contributed by atoms with Gasteiger partial charge in [-0.1, -0.05) is 129 Å². The fourth-order valence-electron chi connectivity index (χ4n) is 5.65. The highest BCUT2D eigenvalue weighted by atomic mass is 27.2. The van der Waals surface area contributed by atoms with Gasteiger partial charge >= 0.3 is 14.1 Å². The minimum absolute atomic E-state index is 0.142. The molecule has 172 valence electrons. The summed E-state index contributed by atoms with van der Waals surface area (Å²) in [6.45, 7) is 31.3. The van der Waals surface area contributed by atoms with Crippen molar-refractivity contribution in [2.75, 3.05) is 0 Å². The van der Waals surface area contributed by atoms with E-state index in [9.17, 15) is 0 Å². The van der Waals surface area contributed by atoms with Gasteiger partial charge in [0.25, 0.3) is 0 Å². The van der Waals surface area contributed by atoms with Gasteiger partial charge in [0.05, 0.1) is 0 Å². The van der Waals surface area contributed by atoms with E-state index in [1.54, 1.807) is 26.7 Å². The highest BCUT2D eigenvalue weighted by Gasteiger charge is 2.42.